The van der Waals surface area contributed by atoms with Crippen molar-refractivity contribution in [3.8, 4) is 22.4 Å². The van der Waals surface area contributed by atoms with Crippen molar-refractivity contribution in [2.24, 2.45) is 0 Å². The number of nitrogens with zero attached hydrogens (tertiary/aromatic N) is 3. The van der Waals surface area contributed by atoms with Gasteiger partial charge in [0.05, 0.1) is 20.4 Å². The van der Waals surface area contributed by atoms with Gasteiger partial charge in [0, 0.05) is 28.7 Å². The Morgan fingerprint density at radius 1 is 1.03 bits per heavy atom. The molecule has 7 nitrogen and oxygen atoms in total. The minimum absolute atomic E-state index is 0.580. The third kappa shape index (κ3) is 5.39. The van der Waals surface area contributed by atoms with Crippen LogP contribution in [0.2, 0.25) is 5.02 Å². The number of methoxy groups -OCH3 is 2. The second-order valence-electron chi connectivity index (χ2n) is 8.33. The van der Waals surface area contributed by atoms with Crippen molar-refractivity contribution >= 4 is 44.6 Å². The van der Waals surface area contributed by atoms with Crippen LogP contribution in [0.4, 0.5) is 5.69 Å². The van der Waals surface area contributed by atoms with Crippen molar-refractivity contribution in [3.63, 3.8) is 0 Å². The first kappa shape index (κ1) is 23.5. The Morgan fingerprint density at radius 2 is 1.86 bits per heavy atom. The molecule has 5 aromatic rings. The largest absolute Gasteiger partial charge is 0.497 e. The van der Waals surface area contributed by atoms with Crippen molar-refractivity contribution < 1.29 is 13.9 Å². The Kier molecular flexibility index (Phi) is 7.11. The highest BCUT2D eigenvalue weighted by atomic mass is 35.5. The average Bonchev–Trinajstić information content (AvgIpc) is 3.57. The average molecular weight is 511 g/mol. The molecule has 2 aromatic carbocycles. The van der Waals surface area contributed by atoms with E-state index in [-0.39, 0.29) is 0 Å². The number of imidazole rings is 1. The second-order valence-corrected chi connectivity index (χ2v) is 9.69. The van der Waals surface area contributed by atoms with E-state index < -0.39 is 0 Å². The highest BCUT2D eigenvalue weighted by Gasteiger charge is 2.16. The zero-order valence-electron chi connectivity index (χ0n) is 19.7. The summed E-state index contributed by atoms with van der Waals surface area (Å²) < 4.78 is 18.6. The molecule has 182 valence electrons. The topological polar surface area (TPSA) is 73.8 Å². The van der Waals surface area contributed by atoms with E-state index in [1.54, 1.807) is 18.7 Å². The summed E-state index contributed by atoms with van der Waals surface area (Å²) in [5, 5.41) is 10.2. The molecular formula is C26H27ClN4O3S. The van der Waals surface area contributed by atoms with Crippen LogP contribution in [0, 0.1) is 0 Å². The molecule has 3 aromatic heterocycles. The van der Waals surface area contributed by atoms with E-state index in [1.165, 1.54) is 23.3 Å². The zero-order chi connectivity index (χ0) is 24.2. The van der Waals surface area contributed by atoms with Crippen LogP contribution in [0.15, 0.2) is 53.1 Å². The van der Waals surface area contributed by atoms with Crippen LogP contribution in [0.25, 0.3) is 27.4 Å². The summed E-state index contributed by atoms with van der Waals surface area (Å²) >= 11 is 7.33. The maximum absolute atomic E-state index is 6.17. The molecule has 0 aliphatic carbocycles. The molecule has 0 saturated heterocycles. The van der Waals surface area contributed by atoms with Gasteiger partial charge in [-0.2, -0.15) is 0 Å². The number of aryl methyl sites for hydroxylation is 1. The molecule has 0 aliphatic rings. The first-order valence-corrected chi connectivity index (χ1v) is 12.8. The predicted octanol–water partition coefficient (Wildman–Crippen LogP) is 7.09. The molecule has 0 amide bonds. The number of hydrogen-bond donors (Lipinski definition) is 1. The van der Waals surface area contributed by atoms with Crippen LogP contribution in [0.5, 0.6) is 10.9 Å². The zero-order valence-corrected chi connectivity index (χ0v) is 21.3. The second kappa shape index (κ2) is 10.6. The standard InChI is InChI=1S/C26H27ClN4O3S/c1-32-20-13-17(7-5-3-4-6-12-28-19-10-8-18(27)9-11-19)21-15-24(34-23(21)14-20)22-16-31-25(29-22)35-26(30-31)33-2/h8-11,13-16,28H,3-7,12H2,1-2H3. The van der Waals surface area contributed by atoms with E-state index in [1.807, 2.05) is 36.5 Å². The van der Waals surface area contributed by atoms with Crippen LogP contribution >= 0.6 is 22.9 Å². The predicted molar refractivity (Wildman–Crippen MR) is 141 cm³/mol. The molecule has 0 atom stereocenters. The number of rotatable bonds is 11. The third-order valence-electron chi connectivity index (χ3n) is 5.93. The van der Waals surface area contributed by atoms with Gasteiger partial charge in [-0.05, 0) is 72.6 Å². The van der Waals surface area contributed by atoms with E-state index in [2.05, 4.69) is 27.5 Å². The van der Waals surface area contributed by atoms with E-state index in [4.69, 9.17) is 25.5 Å². The van der Waals surface area contributed by atoms with Crippen LogP contribution in [-0.2, 0) is 6.42 Å². The third-order valence-corrected chi connectivity index (χ3v) is 7.07. The molecule has 3 heterocycles. The molecule has 0 aliphatic heterocycles. The van der Waals surface area contributed by atoms with Gasteiger partial charge >= 0.3 is 0 Å². The number of hydrogen-bond acceptors (Lipinski definition) is 7. The highest BCUT2D eigenvalue weighted by Crippen LogP contribution is 2.34. The minimum Gasteiger partial charge on any atom is -0.497 e. The Morgan fingerprint density at radius 3 is 2.63 bits per heavy atom. The lowest BCUT2D eigenvalue weighted by Crippen LogP contribution is -2.01. The molecule has 0 spiro atoms. The fourth-order valence-corrected chi connectivity index (χ4v) is 4.94. The molecule has 1 N–H and O–H groups in total. The van der Waals surface area contributed by atoms with Gasteiger partial charge in [-0.1, -0.05) is 24.4 Å². The molecule has 0 bridgehead atoms. The summed E-state index contributed by atoms with van der Waals surface area (Å²) in [5.41, 5.74) is 3.90. The number of nitrogens with one attached hydrogen (secondary N) is 1. The van der Waals surface area contributed by atoms with Crippen molar-refractivity contribution in [3.05, 3.63) is 59.2 Å². The molecule has 5 rings (SSSR count). The fourth-order valence-electron chi connectivity index (χ4n) is 4.11. The Labute approximate surface area is 212 Å². The van der Waals surface area contributed by atoms with Gasteiger partial charge in [0.2, 0.25) is 4.96 Å². The van der Waals surface area contributed by atoms with Crippen molar-refractivity contribution in [2.45, 2.75) is 32.1 Å². The van der Waals surface area contributed by atoms with Gasteiger partial charge in [0.25, 0.3) is 5.19 Å². The molecular weight excluding hydrogens is 484 g/mol. The molecule has 0 saturated carbocycles. The first-order chi connectivity index (χ1) is 17.1. The first-order valence-electron chi connectivity index (χ1n) is 11.6. The monoisotopic (exact) mass is 510 g/mol. The summed E-state index contributed by atoms with van der Waals surface area (Å²) in [6.45, 7) is 0.957. The van der Waals surface area contributed by atoms with E-state index in [0.29, 0.717) is 5.19 Å². The van der Waals surface area contributed by atoms with E-state index in [0.717, 1.165) is 76.1 Å². The summed E-state index contributed by atoms with van der Waals surface area (Å²) in [5.74, 6) is 1.53. The van der Waals surface area contributed by atoms with E-state index >= 15 is 0 Å². The Hall–Kier alpha value is -3.23. The number of anilines is 1. The fraction of sp³-hybridized carbons (Fsp3) is 0.308. The van der Waals surface area contributed by atoms with Gasteiger partial charge in [-0.25, -0.2) is 9.50 Å². The quantitative estimate of drug-likeness (QED) is 0.191. The van der Waals surface area contributed by atoms with Gasteiger partial charge in [-0.15, -0.1) is 5.10 Å². The van der Waals surface area contributed by atoms with Gasteiger partial charge in [-0.3, -0.25) is 0 Å². The molecule has 0 unspecified atom stereocenters. The smallest absolute Gasteiger partial charge is 0.294 e. The Bertz CT molecular complexity index is 1390. The van der Waals surface area contributed by atoms with Crippen LogP contribution < -0.4 is 14.8 Å². The van der Waals surface area contributed by atoms with Crippen molar-refractivity contribution in [1.29, 1.82) is 0 Å². The number of halogens is 1. The lowest BCUT2D eigenvalue weighted by molar-refractivity contribution is 0.405. The Balaban J connectivity index is 1.21. The maximum atomic E-state index is 6.17. The summed E-state index contributed by atoms with van der Waals surface area (Å²) in [6.07, 6.45) is 7.40. The van der Waals surface area contributed by atoms with E-state index in [9.17, 15) is 0 Å². The number of benzene rings is 2. The SMILES string of the molecule is COc1cc(CCCCCCNc2ccc(Cl)cc2)c2cc(-c3cn4nc(OC)sc4n3)oc2c1. The number of fused-ring (bicyclic) bond motifs is 2. The van der Waals surface area contributed by atoms with Gasteiger partial charge in [0.15, 0.2) is 5.76 Å². The minimum atomic E-state index is 0.580. The summed E-state index contributed by atoms with van der Waals surface area (Å²) in [7, 11) is 3.29. The highest BCUT2D eigenvalue weighted by molar-refractivity contribution is 7.18. The number of unbranched alkanes of at least 4 members (excludes halogenated alkanes) is 3. The number of furan rings is 1. The van der Waals surface area contributed by atoms with Gasteiger partial charge in [0.1, 0.15) is 17.0 Å². The molecule has 0 fully saturated rings. The summed E-state index contributed by atoms with van der Waals surface area (Å²) in [6, 6.07) is 14.0. The van der Waals surface area contributed by atoms with Crippen LogP contribution in [-0.4, -0.2) is 35.4 Å². The maximum Gasteiger partial charge on any atom is 0.294 e. The van der Waals surface area contributed by atoms with Crippen LogP contribution in [0.3, 0.4) is 0 Å². The summed E-state index contributed by atoms with van der Waals surface area (Å²) in [4.78, 5) is 5.42. The molecule has 0 radical (unpaired) electrons. The molecule has 9 heteroatoms. The molecule has 35 heavy (non-hydrogen) atoms. The van der Waals surface area contributed by atoms with Crippen molar-refractivity contribution in [2.75, 3.05) is 26.1 Å². The van der Waals surface area contributed by atoms with Crippen molar-refractivity contribution in [1.82, 2.24) is 14.6 Å². The number of aromatic nitrogens is 3. The normalized spacial score (nSPS) is 11.4. The number of ether oxygens (including phenoxy) is 2. The lowest BCUT2D eigenvalue weighted by atomic mass is 10.0. The lowest BCUT2D eigenvalue weighted by Gasteiger charge is -2.08. The van der Waals surface area contributed by atoms with Crippen LogP contribution in [0.1, 0.15) is 31.2 Å². The van der Waals surface area contributed by atoms with Gasteiger partial charge < -0.3 is 19.2 Å².